The van der Waals surface area contributed by atoms with Gasteiger partial charge in [0.2, 0.25) is 0 Å². The van der Waals surface area contributed by atoms with E-state index in [1.54, 1.807) is 0 Å². The summed E-state index contributed by atoms with van der Waals surface area (Å²) in [6.07, 6.45) is 4.09. The molecule has 3 atom stereocenters. The van der Waals surface area contributed by atoms with Gasteiger partial charge in [0.25, 0.3) is 0 Å². The van der Waals surface area contributed by atoms with E-state index in [9.17, 15) is 0 Å². The Morgan fingerprint density at radius 2 is 2.05 bits per heavy atom. The Morgan fingerprint density at radius 1 is 1.26 bits per heavy atom. The van der Waals surface area contributed by atoms with E-state index in [1.165, 1.54) is 52.0 Å². The summed E-state index contributed by atoms with van der Waals surface area (Å²) in [6, 6.07) is 1.44. The van der Waals surface area contributed by atoms with Gasteiger partial charge in [-0.3, -0.25) is 4.90 Å². The van der Waals surface area contributed by atoms with Crippen molar-refractivity contribution in [1.82, 2.24) is 15.1 Å². The van der Waals surface area contributed by atoms with Gasteiger partial charge in [-0.05, 0) is 44.7 Å². The molecule has 0 saturated carbocycles. The van der Waals surface area contributed by atoms with E-state index >= 15 is 0 Å². The predicted molar refractivity (Wildman–Crippen MR) is 82.5 cm³/mol. The highest BCUT2D eigenvalue weighted by atomic mass is 15.2. The number of likely N-dealkylation sites (tertiary alicyclic amines) is 1. The second-order valence-corrected chi connectivity index (χ2v) is 7.05. The van der Waals surface area contributed by atoms with Crippen LogP contribution in [0.1, 0.15) is 40.0 Å². The zero-order valence-corrected chi connectivity index (χ0v) is 13.4. The molecule has 0 aliphatic carbocycles. The molecular formula is C16H33N3. The van der Waals surface area contributed by atoms with Crippen LogP contribution in [0.2, 0.25) is 0 Å². The molecule has 0 aromatic rings. The quantitative estimate of drug-likeness (QED) is 0.841. The van der Waals surface area contributed by atoms with Crippen molar-refractivity contribution in [2.45, 2.75) is 52.1 Å². The minimum Gasteiger partial charge on any atom is -0.311 e. The van der Waals surface area contributed by atoms with Gasteiger partial charge in [0.05, 0.1) is 0 Å². The standard InChI is InChI=1S/C16H33N3/c1-5-15-9-17-16(13(2)3)12-19(15)11-14-7-6-8-18(4)10-14/h13-17H,5-12H2,1-4H3. The number of nitrogens with one attached hydrogen (secondary N) is 1. The Kier molecular flexibility index (Phi) is 5.67. The molecule has 2 aliphatic rings. The van der Waals surface area contributed by atoms with E-state index in [0.29, 0.717) is 6.04 Å². The van der Waals surface area contributed by atoms with Gasteiger partial charge in [-0.15, -0.1) is 0 Å². The van der Waals surface area contributed by atoms with Crippen molar-refractivity contribution >= 4 is 0 Å². The Bertz CT molecular complexity index is 267. The van der Waals surface area contributed by atoms with Crippen LogP contribution in [0.3, 0.4) is 0 Å². The summed E-state index contributed by atoms with van der Waals surface area (Å²) in [5, 5.41) is 3.74. The predicted octanol–water partition coefficient (Wildman–Crippen LogP) is 2.04. The van der Waals surface area contributed by atoms with Crippen molar-refractivity contribution in [3.63, 3.8) is 0 Å². The van der Waals surface area contributed by atoms with Gasteiger partial charge in [-0.2, -0.15) is 0 Å². The van der Waals surface area contributed by atoms with Crippen LogP contribution in [0.4, 0.5) is 0 Å². The molecule has 0 amide bonds. The third-order valence-corrected chi connectivity index (χ3v) is 5.05. The van der Waals surface area contributed by atoms with Crippen molar-refractivity contribution < 1.29 is 0 Å². The van der Waals surface area contributed by atoms with Crippen molar-refractivity contribution in [3.05, 3.63) is 0 Å². The number of hydrogen-bond donors (Lipinski definition) is 1. The maximum atomic E-state index is 3.74. The molecule has 0 radical (unpaired) electrons. The molecule has 1 N–H and O–H groups in total. The lowest BCUT2D eigenvalue weighted by Crippen LogP contribution is -2.59. The van der Waals surface area contributed by atoms with E-state index in [4.69, 9.17) is 0 Å². The maximum absolute atomic E-state index is 3.74. The molecule has 3 heteroatoms. The third-order valence-electron chi connectivity index (χ3n) is 5.05. The Balaban J connectivity index is 1.90. The van der Waals surface area contributed by atoms with Crippen LogP contribution in [0.15, 0.2) is 0 Å². The van der Waals surface area contributed by atoms with Crippen LogP contribution in [0.25, 0.3) is 0 Å². The molecule has 2 saturated heterocycles. The van der Waals surface area contributed by atoms with E-state index in [2.05, 4.69) is 42.9 Å². The van der Waals surface area contributed by atoms with Gasteiger partial charge in [0, 0.05) is 38.3 Å². The van der Waals surface area contributed by atoms with Crippen molar-refractivity contribution in [2.24, 2.45) is 11.8 Å². The van der Waals surface area contributed by atoms with Crippen LogP contribution in [-0.4, -0.2) is 61.7 Å². The summed E-state index contributed by atoms with van der Waals surface area (Å²) in [4.78, 5) is 5.29. The number of nitrogens with zero attached hydrogens (tertiary/aromatic N) is 2. The summed E-state index contributed by atoms with van der Waals surface area (Å²) in [5.74, 6) is 1.63. The number of rotatable bonds is 4. The summed E-state index contributed by atoms with van der Waals surface area (Å²) in [7, 11) is 2.28. The second-order valence-electron chi connectivity index (χ2n) is 7.05. The first kappa shape index (κ1) is 15.3. The second kappa shape index (κ2) is 7.05. The number of piperidine rings is 1. The molecular weight excluding hydrogens is 234 g/mol. The zero-order valence-electron chi connectivity index (χ0n) is 13.4. The molecule has 0 aromatic carbocycles. The highest BCUT2D eigenvalue weighted by Gasteiger charge is 2.30. The topological polar surface area (TPSA) is 18.5 Å². The van der Waals surface area contributed by atoms with Crippen LogP contribution in [-0.2, 0) is 0 Å². The van der Waals surface area contributed by atoms with Gasteiger partial charge in [0.1, 0.15) is 0 Å². The van der Waals surface area contributed by atoms with E-state index in [1.807, 2.05) is 0 Å². The average molecular weight is 267 g/mol. The molecule has 19 heavy (non-hydrogen) atoms. The van der Waals surface area contributed by atoms with Crippen LogP contribution < -0.4 is 5.32 Å². The molecule has 3 unspecified atom stereocenters. The lowest BCUT2D eigenvalue weighted by atomic mass is 9.94. The number of hydrogen-bond acceptors (Lipinski definition) is 3. The summed E-state index contributed by atoms with van der Waals surface area (Å²) in [5.41, 5.74) is 0. The van der Waals surface area contributed by atoms with E-state index in [-0.39, 0.29) is 0 Å². The Hall–Kier alpha value is -0.120. The molecule has 2 rings (SSSR count). The fraction of sp³-hybridized carbons (Fsp3) is 1.00. The number of piperazine rings is 1. The smallest absolute Gasteiger partial charge is 0.0218 e. The molecule has 112 valence electrons. The van der Waals surface area contributed by atoms with Gasteiger partial charge in [-0.1, -0.05) is 20.8 Å². The van der Waals surface area contributed by atoms with E-state index < -0.39 is 0 Å². The fourth-order valence-corrected chi connectivity index (χ4v) is 3.71. The Morgan fingerprint density at radius 3 is 2.68 bits per heavy atom. The van der Waals surface area contributed by atoms with Gasteiger partial charge in [0.15, 0.2) is 0 Å². The monoisotopic (exact) mass is 267 g/mol. The van der Waals surface area contributed by atoms with Crippen LogP contribution >= 0.6 is 0 Å². The van der Waals surface area contributed by atoms with Crippen molar-refractivity contribution in [1.29, 1.82) is 0 Å². The summed E-state index contributed by atoms with van der Waals surface area (Å²) >= 11 is 0. The lowest BCUT2D eigenvalue weighted by Gasteiger charge is -2.44. The lowest BCUT2D eigenvalue weighted by molar-refractivity contribution is 0.0733. The largest absolute Gasteiger partial charge is 0.311 e. The Labute approximate surface area is 119 Å². The molecule has 0 spiro atoms. The summed E-state index contributed by atoms with van der Waals surface area (Å²) in [6.45, 7) is 13.4. The molecule has 2 fully saturated rings. The average Bonchev–Trinajstić information content (AvgIpc) is 2.38. The SMILES string of the molecule is CCC1CNC(C(C)C)CN1CC1CCCN(C)C1. The molecule has 3 nitrogen and oxygen atoms in total. The normalized spacial score (nSPS) is 34.9. The minimum atomic E-state index is 0.684. The minimum absolute atomic E-state index is 0.684. The highest BCUT2D eigenvalue weighted by Crippen LogP contribution is 2.21. The first-order valence-corrected chi connectivity index (χ1v) is 8.26. The molecule has 0 bridgehead atoms. The van der Waals surface area contributed by atoms with Crippen molar-refractivity contribution in [2.75, 3.05) is 39.8 Å². The maximum Gasteiger partial charge on any atom is 0.0218 e. The van der Waals surface area contributed by atoms with Crippen molar-refractivity contribution in [3.8, 4) is 0 Å². The molecule has 0 aromatic heterocycles. The van der Waals surface area contributed by atoms with Gasteiger partial charge in [-0.25, -0.2) is 0 Å². The fourth-order valence-electron chi connectivity index (χ4n) is 3.71. The first-order chi connectivity index (χ1) is 9.10. The van der Waals surface area contributed by atoms with Crippen LogP contribution in [0.5, 0.6) is 0 Å². The van der Waals surface area contributed by atoms with Gasteiger partial charge >= 0.3 is 0 Å². The summed E-state index contributed by atoms with van der Waals surface area (Å²) < 4.78 is 0. The van der Waals surface area contributed by atoms with E-state index in [0.717, 1.165) is 17.9 Å². The third kappa shape index (κ3) is 4.17. The highest BCUT2D eigenvalue weighted by molar-refractivity contribution is 4.88. The van der Waals surface area contributed by atoms with Gasteiger partial charge < -0.3 is 10.2 Å². The molecule has 2 heterocycles. The first-order valence-electron chi connectivity index (χ1n) is 8.26. The van der Waals surface area contributed by atoms with Crippen LogP contribution in [0, 0.1) is 11.8 Å². The zero-order chi connectivity index (χ0) is 13.8. The molecule has 2 aliphatic heterocycles.